The number of carboxylic acid groups (broad SMARTS) is 1. The number of hydrogen-bond acceptors (Lipinski definition) is 2. The summed E-state index contributed by atoms with van der Waals surface area (Å²) < 4.78 is 0. The molecule has 0 aromatic carbocycles. The molecule has 2 unspecified atom stereocenters. The van der Waals surface area contributed by atoms with Crippen LogP contribution in [0.1, 0.15) is 47.0 Å². The van der Waals surface area contributed by atoms with Crippen molar-refractivity contribution in [1.82, 2.24) is 5.32 Å². The topological polar surface area (TPSA) is 66.4 Å². The van der Waals surface area contributed by atoms with Gasteiger partial charge >= 0.3 is 5.97 Å². The molecule has 0 heterocycles. The van der Waals surface area contributed by atoms with Crippen molar-refractivity contribution in [1.29, 1.82) is 0 Å². The summed E-state index contributed by atoms with van der Waals surface area (Å²) in [4.78, 5) is 22.6. The van der Waals surface area contributed by atoms with E-state index < -0.39 is 11.5 Å². The van der Waals surface area contributed by atoms with Crippen molar-refractivity contribution in [3.8, 4) is 0 Å². The van der Waals surface area contributed by atoms with Gasteiger partial charge < -0.3 is 10.4 Å². The Kier molecular flexibility index (Phi) is 3.31. The lowest BCUT2D eigenvalue weighted by molar-refractivity contribution is -0.152. The van der Waals surface area contributed by atoms with Crippen LogP contribution in [0.5, 0.6) is 0 Å². The minimum Gasteiger partial charge on any atom is -0.480 e. The quantitative estimate of drug-likeness (QED) is 0.755. The Labute approximate surface area is 96.4 Å². The molecule has 0 bridgehead atoms. The monoisotopic (exact) mass is 227 g/mol. The van der Waals surface area contributed by atoms with Crippen LogP contribution in [0, 0.1) is 11.3 Å². The molecule has 1 rings (SSSR count). The van der Waals surface area contributed by atoms with Crippen LogP contribution in [-0.4, -0.2) is 22.5 Å². The number of aliphatic carboxylic acids is 1. The lowest BCUT2D eigenvalue weighted by Crippen LogP contribution is -2.59. The summed E-state index contributed by atoms with van der Waals surface area (Å²) in [6.07, 6.45) is 2.02. The van der Waals surface area contributed by atoms with Gasteiger partial charge in [0.05, 0.1) is 0 Å². The van der Waals surface area contributed by atoms with Crippen LogP contribution in [0.3, 0.4) is 0 Å². The zero-order chi connectivity index (χ0) is 12.6. The highest BCUT2D eigenvalue weighted by atomic mass is 16.4. The van der Waals surface area contributed by atoms with E-state index in [4.69, 9.17) is 0 Å². The molecule has 16 heavy (non-hydrogen) atoms. The van der Waals surface area contributed by atoms with Gasteiger partial charge in [-0.1, -0.05) is 20.8 Å². The summed E-state index contributed by atoms with van der Waals surface area (Å²) in [5.41, 5.74) is -1.12. The molecule has 92 valence electrons. The van der Waals surface area contributed by atoms with E-state index in [0.717, 1.165) is 6.42 Å². The predicted octanol–water partition coefficient (Wildman–Crippen LogP) is 1.79. The molecular formula is C12H21NO3. The molecule has 0 saturated heterocycles. The molecular weight excluding hydrogens is 206 g/mol. The van der Waals surface area contributed by atoms with Crippen molar-refractivity contribution in [2.45, 2.75) is 52.5 Å². The highest BCUT2D eigenvalue weighted by molar-refractivity contribution is 5.86. The van der Waals surface area contributed by atoms with Crippen molar-refractivity contribution in [3.05, 3.63) is 0 Å². The first-order chi connectivity index (χ1) is 7.17. The highest BCUT2D eigenvalue weighted by Gasteiger charge is 2.48. The van der Waals surface area contributed by atoms with Crippen LogP contribution in [0.25, 0.3) is 0 Å². The standard InChI is InChI=1S/C12H21NO3/c1-8-5-11(3,4)7-12(6-8,10(15)16)13-9(2)14/h8H,5-7H2,1-4H3,(H,13,14)(H,15,16). The van der Waals surface area contributed by atoms with Crippen LogP contribution >= 0.6 is 0 Å². The SMILES string of the molecule is CC(=O)NC1(C(=O)O)CC(C)CC(C)(C)C1. The normalized spacial score (nSPS) is 33.1. The molecule has 4 nitrogen and oxygen atoms in total. The summed E-state index contributed by atoms with van der Waals surface area (Å²) in [5, 5.41) is 12.0. The van der Waals surface area contributed by atoms with Crippen molar-refractivity contribution in [2.24, 2.45) is 11.3 Å². The van der Waals surface area contributed by atoms with Gasteiger partial charge in [0.1, 0.15) is 5.54 Å². The minimum atomic E-state index is -1.08. The average Bonchev–Trinajstić information content (AvgIpc) is 1.96. The summed E-state index contributed by atoms with van der Waals surface area (Å²) in [6, 6.07) is 0. The molecule has 0 radical (unpaired) electrons. The fraction of sp³-hybridized carbons (Fsp3) is 0.833. The van der Waals surface area contributed by atoms with Crippen LogP contribution in [0.4, 0.5) is 0 Å². The third-order valence-corrected chi connectivity index (χ3v) is 3.20. The van der Waals surface area contributed by atoms with Crippen LogP contribution < -0.4 is 5.32 Å². The maximum absolute atomic E-state index is 11.4. The molecule has 0 aromatic heterocycles. The van der Waals surface area contributed by atoms with Crippen molar-refractivity contribution in [2.75, 3.05) is 0 Å². The summed E-state index contributed by atoms with van der Waals surface area (Å²) >= 11 is 0. The Bertz CT molecular complexity index is 311. The van der Waals surface area contributed by atoms with E-state index >= 15 is 0 Å². The average molecular weight is 227 g/mol. The summed E-state index contributed by atoms with van der Waals surface area (Å²) in [7, 11) is 0. The molecule has 2 atom stereocenters. The fourth-order valence-electron chi connectivity index (χ4n) is 3.22. The predicted molar refractivity (Wildman–Crippen MR) is 61.0 cm³/mol. The molecule has 1 amide bonds. The van der Waals surface area contributed by atoms with E-state index in [1.165, 1.54) is 6.92 Å². The van der Waals surface area contributed by atoms with E-state index in [-0.39, 0.29) is 11.3 Å². The largest absolute Gasteiger partial charge is 0.480 e. The smallest absolute Gasteiger partial charge is 0.329 e. The van der Waals surface area contributed by atoms with E-state index in [1.807, 2.05) is 6.92 Å². The molecule has 2 N–H and O–H groups in total. The lowest BCUT2D eigenvalue weighted by atomic mass is 9.64. The third kappa shape index (κ3) is 2.74. The van der Waals surface area contributed by atoms with Crippen LogP contribution in [0.15, 0.2) is 0 Å². The third-order valence-electron chi connectivity index (χ3n) is 3.20. The van der Waals surface area contributed by atoms with E-state index in [2.05, 4.69) is 19.2 Å². The summed E-state index contributed by atoms with van der Waals surface area (Å²) in [5.74, 6) is -0.874. The maximum Gasteiger partial charge on any atom is 0.329 e. The van der Waals surface area contributed by atoms with Crippen LogP contribution in [0.2, 0.25) is 0 Å². The van der Waals surface area contributed by atoms with Crippen molar-refractivity contribution in [3.63, 3.8) is 0 Å². The van der Waals surface area contributed by atoms with Gasteiger partial charge in [-0.25, -0.2) is 4.79 Å². The number of rotatable bonds is 2. The first kappa shape index (κ1) is 13.0. The van der Waals surface area contributed by atoms with E-state index in [0.29, 0.717) is 18.8 Å². The van der Waals surface area contributed by atoms with E-state index in [9.17, 15) is 14.7 Å². The first-order valence-electron chi connectivity index (χ1n) is 5.69. The van der Waals surface area contributed by atoms with Gasteiger partial charge in [0, 0.05) is 6.92 Å². The molecule has 0 aliphatic heterocycles. The second kappa shape index (κ2) is 4.07. The van der Waals surface area contributed by atoms with Gasteiger partial charge in [0.25, 0.3) is 0 Å². The minimum absolute atomic E-state index is 0.0431. The zero-order valence-corrected chi connectivity index (χ0v) is 10.5. The molecule has 1 aliphatic carbocycles. The van der Waals surface area contributed by atoms with Gasteiger partial charge in [0.15, 0.2) is 0 Å². The molecule has 0 aromatic rings. The summed E-state index contributed by atoms with van der Waals surface area (Å²) in [6.45, 7) is 7.53. The number of carboxylic acids is 1. The first-order valence-corrected chi connectivity index (χ1v) is 5.69. The van der Waals surface area contributed by atoms with Crippen molar-refractivity contribution < 1.29 is 14.7 Å². The Morgan fingerprint density at radius 3 is 2.25 bits per heavy atom. The Morgan fingerprint density at radius 2 is 1.88 bits per heavy atom. The second-order valence-electron chi connectivity index (χ2n) is 5.92. The maximum atomic E-state index is 11.4. The molecule has 0 spiro atoms. The van der Waals surface area contributed by atoms with Crippen molar-refractivity contribution >= 4 is 11.9 Å². The second-order valence-corrected chi connectivity index (χ2v) is 5.92. The zero-order valence-electron chi connectivity index (χ0n) is 10.5. The number of hydrogen-bond donors (Lipinski definition) is 2. The van der Waals surface area contributed by atoms with Crippen LogP contribution in [-0.2, 0) is 9.59 Å². The fourth-order valence-corrected chi connectivity index (χ4v) is 3.22. The van der Waals surface area contributed by atoms with Gasteiger partial charge in [-0.15, -0.1) is 0 Å². The van der Waals surface area contributed by atoms with Gasteiger partial charge in [-0.3, -0.25) is 4.79 Å². The number of carbonyl (C=O) groups excluding carboxylic acids is 1. The Balaban J connectivity index is 3.00. The molecule has 1 aliphatic rings. The lowest BCUT2D eigenvalue weighted by Gasteiger charge is -2.45. The Hall–Kier alpha value is -1.06. The molecule has 4 heteroatoms. The van der Waals surface area contributed by atoms with E-state index in [1.54, 1.807) is 0 Å². The van der Waals surface area contributed by atoms with Gasteiger partial charge in [0.2, 0.25) is 5.91 Å². The number of amides is 1. The number of nitrogens with one attached hydrogen (secondary N) is 1. The Morgan fingerprint density at radius 1 is 1.31 bits per heavy atom. The molecule has 1 saturated carbocycles. The van der Waals surface area contributed by atoms with Gasteiger partial charge in [-0.2, -0.15) is 0 Å². The van der Waals surface area contributed by atoms with Gasteiger partial charge in [-0.05, 0) is 30.6 Å². The molecule has 1 fully saturated rings. The number of carbonyl (C=O) groups is 2. The highest BCUT2D eigenvalue weighted by Crippen LogP contribution is 2.43.